The number of fused-ring (bicyclic) bond motifs is 1. The third-order valence-corrected chi connectivity index (χ3v) is 7.90. The highest BCUT2D eigenvalue weighted by Gasteiger charge is 2.46. The Morgan fingerprint density at radius 1 is 1.11 bits per heavy atom. The maximum atomic E-state index is 13.4. The summed E-state index contributed by atoms with van der Waals surface area (Å²) in [5.41, 5.74) is 3.71. The van der Waals surface area contributed by atoms with Crippen molar-refractivity contribution in [1.29, 1.82) is 0 Å². The van der Waals surface area contributed by atoms with Gasteiger partial charge in [0.25, 0.3) is 11.7 Å². The Morgan fingerprint density at radius 2 is 1.89 bits per heavy atom. The van der Waals surface area contributed by atoms with Gasteiger partial charge in [0.2, 0.25) is 0 Å². The topological polar surface area (TPSA) is 71.8 Å². The molecular weight excluding hydrogens is 496 g/mol. The Kier molecular flexibility index (Phi) is 7.13. The van der Waals surface area contributed by atoms with Crippen molar-refractivity contribution < 1.29 is 19.4 Å². The zero-order valence-electron chi connectivity index (χ0n) is 22.1. The highest BCUT2D eigenvalue weighted by atomic mass is 32.1. The van der Waals surface area contributed by atoms with Gasteiger partial charge in [-0.05, 0) is 66.1 Å². The first-order valence-electron chi connectivity index (χ1n) is 12.8. The molecule has 0 aliphatic carbocycles. The number of carbonyl (C=O) groups is 2. The maximum absolute atomic E-state index is 13.4. The van der Waals surface area contributed by atoms with Crippen molar-refractivity contribution in [3.05, 3.63) is 93.3 Å². The van der Waals surface area contributed by atoms with Gasteiger partial charge >= 0.3 is 0 Å². The summed E-state index contributed by atoms with van der Waals surface area (Å²) in [6.45, 7) is 7.02. The summed E-state index contributed by atoms with van der Waals surface area (Å²) in [7, 11) is 2.00. The largest absolute Gasteiger partial charge is 0.507 e. The van der Waals surface area contributed by atoms with Gasteiger partial charge in [-0.15, -0.1) is 11.3 Å². The number of thiophene rings is 1. The van der Waals surface area contributed by atoms with Crippen molar-refractivity contribution in [3.63, 3.8) is 0 Å². The number of carbonyl (C=O) groups excluding carboxylic acids is 2. The summed E-state index contributed by atoms with van der Waals surface area (Å²) in [6, 6.07) is 16.7. The van der Waals surface area contributed by atoms with Gasteiger partial charge in [-0.2, -0.15) is 0 Å². The number of para-hydroxylation sites is 1. The van der Waals surface area contributed by atoms with Crippen LogP contribution in [0.5, 0.6) is 5.75 Å². The molecule has 1 unspecified atom stereocenters. The predicted molar refractivity (Wildman–Crippen MR) is 151 cm³/mol. The number of hydrogen-bond donors (Lipinski definition) is 1. The van der Waals surface area contributed by atoms with Gasteiger partial charge < -0.3 is 19.3 Å². The fourth-order valence-electron chi connectivity index (χ4n) is 5.09. The monoisotopic (exact) mass is 528 g/mol. The zero-order chi connectivity index (χ0) is 27.0. The minimum Gasteiger partial charge on any atom is -0.507 e. The van der Waals surface area contributed by atoms with E-state index in [9.17, 15) is 14.7 Å². The van der Waals surface area contributed by atoms with Crippen molar-refractivity contribution in [2.24, 2.45) is 13.0 Å². The smallest absolute Gasteiger partial charge is 0.295 e. The van der Waals surface area contributed by atoms with Crippen LogP contribution < -0.4 is 4.74 Å². The van der Waals surface area contributed by atoms with E-state index in [1.54, 1.807) is 17.0 Å². The number of aromatic nitrogens is 1. The second-order valence-corrected chi connectivity index (χ2v) is 11.2. The predicted octanol–water partition coefficient (Wildman–Crippen LogP) is 6.25. The van der Waals surface area contributed by atoms with Crippen LogP contribution in [0.2, 0.25) is 0 Å². The molecule has 1 atom stereocenters. The Bertz CT molecular complexity index is 1530. The molecule has 1 aliphatic heterocycles. The van der Waals surface area contributed by atoms with E-state index in [0.717, 1.165) is 32.7 Å². The van der Waals surface area contributed by atoms with Gasteiger partial charge in [-0.3, -0.25) is 9.59 Å². The van der Waals surface area contributed by atoms with Crippen molar-refractivity contribution in [2.75, 3.05) is 13.2 Å². The second-order valence-electron chi connectivity index (χ2n) is 10.2. The van der Waals surface area contributed by atoms with Crippen LogP contribution in [0.15, 0.2) is 71.7 Å². The zero-order valence-corrected chi connectivity index (χ0v) is 22.9. The van der Waals surface area contributed by atoms with Crippen molar-refractivity contribution in [2.45, 2.75) is 33.2 Å². The fraction of sp³-hybridized carbons (Fsp3) is 0.290. The van der Waals surface area contributed by atoms with Crippen LogP contribution in [0.1, 0.15) is 41.5 Å². The maximum Gasteiger partial charge on any atom is 0.295 e. The Labute approximate surface area is 226 Å². The minimum atomic E-state index is -0.656. The average Bonchev–Trinajstić information content (AvgIpc) is 3.60. The van der Waals surface area contributed by atoms with Gasteiger partial charge in [0.1, 0.15) is 11.5 Å². The summed E-state index contributed by atoms with van der Waals surface area (Å²) in [5, 5.41) is 14.5. The summed E-state index contributed by atoms with van der Waals surface area (Å²) in [4.78, 5) is 29.1. The van der Waals surface area contributed by atoms with Crippen LogP contribution in [-0.2, 0) is 23.1 Å². The molecule has 196 valence electrons. The number of amides is 1. The molecule has 1 fully saturated rings. The molecule has 1 aliphatic rings. The van der Waals surface area contributed by atoms with Crippen LogP contribution in [-0.4, -0.2) is 39.4 Å². The highest BCUT2D eigenvalue weighted by molar-refractivity contribution is 7.10. The van der Waals surface area contributed by atoms with Crippen molar-refractivity contribution >= 4 is 39.7 Å². The van der Waals surface area contributed by atoms with Crippen molar-refractivity contribution in [1.82, 2.24) is 9.47 Å². The fourth-order valence-corrected chi connectivity index (χ4v) is 5.93. The van der Waals surface area contributed by atoms with E-state index >= 15 is 0 Å². The number of benzene rings is 2. The quantitative estimate of drug-likeness (QED) is 0.167. The number of aryl methyl sites for hydroxylation is 2. The van der Waals surface area contributed by atoms with Crippen LogP contribution in [0.25, 0.3) is 16.7 Å². The average molecular weight is 529 g/mol. The minimum absolute atomic E-state index is 0.130. The standard InChI is InChI=1S/C31H32N2O4S/c1-19(2)18-37-25-12-11-21(16-20(25)3)29(34)27-28(26-10-7-15-38-26)33(31(36)30(27)35)14-13-22-17-32(4)24-9-6-5-8-23(22)24/h5-12,15-17,19,28,34H,13-14,18H2,1-4H3/b29-27-. The van der Waals surface area contributed by atoms with Gasteiger partial charge in [-0.1, -0.05) is 38.1 Å². The molecule has 38 heavy (non-hydrogen) atoms. The lowest BCUT2D eigenvalue weighted by Crippen LogP contribution is -2.31. The van der Waals surface area contributed by atoms with E-state index < -0.39 is 17.7 Å². The number of likely N-dealkylation sites (tertiary alicyclic amines) is 1. The molecule has 0 spiro atoms. The number of nitrogens with zero attached hydrogens (tertiary/aromatic N) is 2. The van der Waals surface area contributed by atoms with Crippen LogP contribution >= 0.6 is 11.3 Å². The summed E-state index contributed by atoms with van der Waals surface area (Å²) < 4.78 is 7.95. The molecule has 0 saturated carbocycles. The lowest BCUT2D eigenvalue weighted by Gasteiger charge is -2.24. The molecule has 1 N–H and O–H groups in total. The molecule has 2 aromatic carbocycles. The molecule has 5 rings (SSSR count). The molecule has 1 saturated heterocycles. The molecule has 7 heteroatoms. The number of aliphatic hydroxyl groups is 1. The molecule has 0 radical (unpaired) electrons. The molecular formula is C31H32N2O4S. The second kappa shape index (κ2) is 10.5. The van der Waals surface area contributed by atoms with Crippen LogP contribution in [0.4, 0.5) is 0 Å². The molecule has 0 bridgehead atoms. The van der Waals surface area contributed by atoms with E-state index in [1.807, 2.05) is 49.7 Å². The number of ketones is 1. The Hall–Kier alpha value is -3.84. The highest BCUT2D eigenvalue weighted by Crippen LogP contribution is 2.41. The number of aliphatic hydroxyl groups excluding tert-OH is 1. The Morgan fingerprint density at radius 3 is 2.61 bits per heavy atom. The lowest BCUT2D eigenvalue weighted by atomic mass is 9.98. The third-order valence-electron chi connectivity index (χ3n) is 6.97. The van der Waals surface area contributed by atoms with Gasteiger partial charge in [-0.25, -0.2) is 0 Å². The van der Waals surface area contributed by atoms with Crippen molar-refractivity contribution in [3.8, 4) is 5.75 Å². The number of rotatable bonds is 8. The van der Waals surface area contributed by atoms with E-state index in [-0.39, 0.29) is 11.3 Å². The summed E-state index contributed by atoms with van der Waals surface area (Å²) >= 11 is 1.47. The molecule has 1 amide bonds. The Balaban J connectivity index is 1.49. The molecule has 3 heterocycles. The molecule has 2 aromatic heterocycles. The summed E-state index contributed by atoms with van der Waals surface area (Å²) in [6.07, 6.45) is 2.67. The summed E-state index contributed by atoms with van der Waals surface area (Å²) in [5.74, 6) is -0.276. The normalized spacial score (nSPS) is 17.2. The number of hydrogen-bond acceptors (Lipinski definition) is 5. The molecule has 4 aromatic rings. The van der Waals surface area contributed by atoms with E-state index in [0.29, 0.717) is 31.1 Å². The molecule has 6 nitrogen and oxygen atoms in total. The van der Waals surface area contributed by atoms with E-state index in [4.69, 9.17) is 4.74 Å². The van der Waals surface area contributed by atoms with E-state index in [1.165, 1.54) is 11.3 Å². The van der Waals surface area contributed by atoms with Gasteiger partial charge in [0.15, 0.2) is 0 Å². The number of Topliss-reactive ketones (excluding diaryl/α,β-unsaturated/α-hetero) is 1. The van der Waals surface area contributed by atoms with Crippen LogP contribution in [0.3, 0.4) is 0 Å². The lowest BCUT2D eigenvalue weighted by molar-refractivity contribution is -0.139. The van der Waals surface area contributed by atoms with Gasteiger partial charge in [0, 0.05) is 41.1 Å². The number of ether oxygens (including phenoxy) is 1. The first-order chi connectivity index (χ1) is 18.3. The van der Waals surface area contributed by atoms with E-state index in [2.05, 4.69) is 36.7 Å². The third kappa shape index (κ3) is 4.74. The first kappa shape index (κ1) is 25.8. The van der Waals surface area contributed by atoms with Gasteiger partial charge in [0.05, 0.1) is 18.2 Å². The SMILES string of the molecule is Cc1cc(/C(O)=C2/C(=O)C(=O)N(CCc3cn(C)c4ccccc34)C2c2cccs2)ccc1OCC(C)C. The van der Waals surface area contributed by atoms with Crippen LogP contribution in [0, 0.1) is 12.8 Å². The first-order valence-corrected chi connectivity index (χ1v) is 13.7.